The van der Waals surface area contributed by atoms with E-state index >= 15 is 0 Å². The van der Waals surface area contributed by atoms with E-state index in [0.29, 0.717) is 5.56 Å². The molecule has 0 aliphatic rings. The van der Waals surface area contributed by atoms with Crippen LogP contribution < -0.4 is 0 Å². The summed E-state index contributed by atoms with van der Waals surface area (Å²) >= 11 is 0. The van der Waals surface area contributed by atoms with Gasteiger partial charge in [0, 0.05) is 11.6 Å². The Morgan fingerprint density at radius 1 is 1.47 bits per heavy atom. The minimum absolute atomic E-state index is 0.153. The first-order valence-electron chi connectivity index (χ1n) is 3.93. The van der Waals surface area contributed by atoms with E-state index in [2.05, 4.69) is 6.58 Å². The van der Waals surface area contributed by atoms with E-state index in [1.165, 1.54) is 6.07 Å². The van der Waals surface area contributed by atoms with Gasteiger partial charge < -0.3 is 0 Å². The van der Waals surface area contributed by atoms with Gasteiger partial charge in [-0.25, -0.2) is 0 Å². The summed E-state index contributed by atoms with van der Waals surface area (Å²) in [5.41, 5.74) is 1.72. The molecule has 0 saturated heterocycles. The largest absolute Gasteiger partial charge is 0.373 e. The lowest BCUT2D eigenvalue weighted by molar-refractivity contribution is -0.385. The zero-order chi connectivity index (χ0) is 11.8. The highest BCUT2D eigenvalue weighted by atomic mass is 16.6. The van der Waals surface area contributed by atoms with Crippen molar-refractivity contribution in [2.75, 3.05) is 0 Å². The second-order valence-electron chi connectivity index (χ2n) is 2.59. The first kappa shape index (κ1) is 12.7. The summed E-state index contributed by atoms with van der Waals surface area (Å²) in [6.45, 7) is 5.29. The molecule has 0 fully saturated rings. The van der Waals surface area contributed by atoms with Crippen LogP contribution in [0.25, 0.3) is 6.08 Å². The molecular formula is C10H9NO4. The van der Waals surface area contributed by atoms with Gasteiger partial charge in [-0.15, -0.1) is 0 Å². The van der Waals surface area contributed by atoms with Crippen molar-refractivity contribution in [2.24, 2.45) is 0 Å². The number of hydrogen-bond donors (Lipinski definition) is 0. The molecule has 0 aliphatic carbocycles. The van der Waals surface area contributed by atoms with Gasteiger partial charge in [-0.2, -0.15) is 9.59 Å². The van der Waals surface area contributed by atoms with Crippen LogP contribution in [0.15, 0.2) is 24.8 Å². The fraction of sp³-hybridized carbons (Fsp3) is 0.100. The van der Waals surface area contributed by atoms with Crippen LogP contribution >= 0.6 is 0 Å². The van der Waals surface area contributed by atoms with E-state index in [9.17, 15) is 10.1 Å². The van der Waals surface area contributed by atoms with E-state index in [1.54, 1.807) is 25.1 Å². The van der Waals surface area contributed by atoms with Crippen LogP contribution in [0.4, 0.5) is 5.69 Å². The summed E-state index contributed by atoms with van der Waals surface area (Å²) in [6.07, 6.45) is 1.91. The third-order valence-electron chi connectivity index (χ3n) is 1.65. The first-order chi connectivity index (χ1) is 7.06. The summed E-state index contributed by atoms with van der Waals surface area (Å²) in [4.78, 5) is 26.3. The second kappa shape index (κ2) is 6.23. The molecule has 0 aromatic heterocycles. The highest BCUT2D eigenvalue weighted by Crippen LogP contribution is 2.18. The average molecular weight is 207 g/mol. The van der Waals surface area contributed by atoms with Gasteiger partial charge in [0.1, 0.15) is 0 Å². The molecule has 78 valence electrons. The number of nitrogens with zero attached hydrogens (tertiary/aromatic N) is 1. The van der Waals surface area contributed by atoms with Gasteiger partial charge in [0.2, 0.25) is 0 Å². The van der Waals surface area contributed by atoms with Crippen LogP contribution in [0.3, 0.4) is 0 Å². The molecule has 0 unspecified atom stereocenters. The highest BCUT2D eigenvalue weighted by molar-refractivity contribution is 5.53. The second-order valence-corrected chi connectivity index (χ2v) is 2.59. The number of rotatable bonds is 2. The molecule has 0 aliphatic heterocycles. The maximum atomic E-state index is 10.4. The number of hydrogen-bond acceptors (Lipinski definition) is 4. The molecule has 0 heterocycles. The Bertz CT molecular complexity index is 406. The molecule has 0 saturated carbocycles. The van der Waals surface area contributed by atoms with Crippen LogP contribution in [0.1, 0.15) is 11.1 Å². The van der Waals surface area contributed by atoms with Gasteiger partial charge in [0.05, 0.1) is 4.92 Å². The molecule has 1 aromatic rings. The minimum atomic E-state index is -0.387. The lowest BCUT2D eigenvalue weighted by atomic mass is 10.1. The maximum Gasteiger partial charge on any atom is 0.373 e. The van der Waals surface area contributed by atoms with Crippen molar-refractivity contribution in [1.29, 1.82) is 0 Å². The average Bonchev–Trinajstić information content (AvgIpc) is 2.18. The molecule has 5 nitrogen and oxygen atoms in total. The lowest BCUT2D eigenvalue weighted by Crippen LogP contribution is -1.91. The summed E-state index contributed by atoms with van der Waals surface area (Å²) < 4.78 is 0. The van der Waals surface area contributed by atoms with Gasteiger partial charge in [-0.05, 0) is 24.6 Å². The molecular weight excluding hydrogens is 198 g/mol. The predicted octanol–water partition coefficient (Wildman–Crippen LogP) is 1.96. The Labute approximate surface area is 86.2 Å². The molecule has 0 amide bonds. The summed E-state index contributed by atoms with van der Waals surface area (Å²) in [5.74, 6) is 0. The quantitative estimate of drug-likeness (QED) is 0.548. The van der Waals surface area contributed by atoms with Gasteiger partial charge in [-0.3, -0.25) is 10.1 Å². The molecule has 0 radical (unpaired) electrons. The Morgan fingerprint density at radius 2 is 2.00 bits per heavy atom. The van der Waals surface area contributed by atoms with E-state index < -0.39 is 0 Å². The van der Waals surface area contributed by atoms with Gasteiger partial charge in [-0.1, -0.05) is 12.7 Å². The molecule has 1 rings (SSSR count). The van der Waals surface area contributed by atoms with Crippen molar-refractivity contribution in [3.63, 3.8) is 0 Å². The van der Waals surface area contributed by atoms with E-state index in [1.807, 2.05) is 0 Å². The van der Waals surface area contributed by atoms with Crippen LogP contribution in [0.5, 0.6) is 0 Å². The fourth-order valence-corrected chi connectivity index (χ4v) is 1.01. The number of carbonyl (C=O) groups excluding carboxylic acids is 2. The van der Waals surface area contributed by atoms with Gasteiger partial charge in [0.25, 0.3) is 5.69 Å². The third-order valence-corrected chi connectivity index (χ3v) is 1.65. The normalized spacial score (nSPS) is 8.07. The van der Waals surface area contributed by atoms with Crippen LogP contribution in [-0.4, -0.2) is 11.1 Å². The Kier molecular flexibility index (Phi) is 5.29. The first-order valence-corrected chi connectivity index (χ1v) is 3.93. The van der Waals surface area contributed by atoms with Crippen LogP contribution in [0, 0.1) is 17.0 Å². The van der Waals surface area contributed by atoms with Crippen LogP contribution in [-0.2, 0) is 9.59 Å². The molecule has 1 aromatic carbocycles. The predicted molar refractivity (Wildman–Crippen MR) is 52.9 cm³/mol. The lowest BCUT2D eigenvalue weighted by Gasteiger charge is -1.97. The number of aryl methyl sites for hydroxylation is 1. The minimum Gasteiger partial charge on any atom is -0.258 e. The van der Waals surface area contributed by atoms with Gasteiger partial charge in [0.15, 0.2) is 0 Å². The van der Waals surface area contributed by atoms with Crippen molar-refractivity contribution < 1.29 is 14.5 Å². The SMILES string of the molecule is C=Cc1ccc([N+](=O)[O-])c(C)c1.O=C=O. The third kappa shape index (κ3) is 3.97. The van der Waals surface area contributed by atoms with Crippen molar-refractivity contribution in [1.82, 2.24) is 0 Å². The molecule has 15 heavy (non-hydrogen) atoms. The van der Waals surface area contributed by atoms with Crippen molar-refractivity contribution >= 4 is 17.9 Å². The fourth-order valence-electron chi connectivity index (χ4n) is 1.01. The van der Waals surface area contributed by atoms with Crippen molar-refractivity contribution in [2.45, 2.75) is 6.92 Å². The van der Waals surface area contributed by atoms with E-state index in [4.69, 9.17) is 9.59 Å². The number of benzene rings is 1. The van der Waals surface area contributed by atoms with Crippen LogP contribution in [0.2, 0.25) is 0 Å². The Balaban J connectivity index is 0.000000583. The molecule has 5 heteroatoms. The molecule has 0 N–H and O–H groups in total. The van der Waals surface area contributed by atoms with E-state index in [-0.39, 0.29) is 16.8 Å². The van der Waals surface area contributed by atoms with Crippen molar-refractivity contribution in [3.8, 4) is 0 Å². The Hall–Kier alpha value is -2.26. The molecule has 0 atom stereocenters. The standard InChI is InChI=1S/C9H9NO2.CO2/c1-3-8-4-5-9(10(11)12)7(2)6-8;2-1-3/h3-6H,1H2,2H3;. The highest BCUT2D eigenvalue weighted by Gasteiger charge is 2.08. The zero-order valence-corrected chi connectivity index (χ0v) is 8.10. The van der Waals surface area contributed by atoms with Gasteiger partial charge >= 0.3 is 6.15 Å². The number of nitro benzene ring substituents is 1. The summed E-state index contributed by atoms with van der Waals surface area (Å²) in [7, 11) is 0. The molecule has 0 bridgehead atoms. The zero-order valence-electron chi connectivity index (χ0n) is 8.10. The maximum absolute atomic E-state index is 10.4. The molecule has 0 spiro atoms. The summed E-state index contributed by atoms with van der Waals surface area (Å²) in [6, 6.07) is 4.91. The Morgan fingerprint density at radius 3 is 2.33 bits per heavy atom. The summed E-state index contributed by atoms with van der Waals surface area (Å²) in [5, 5.41) is 10.4. The van der Waals surface area contributed by atoms with Crippen molar-refractivity contribution in [3.05, 3.63) is 46.0 Å². The smallest absolute Gasteiger partial charge is 0.258 e. The van der Waals surface area contributed by atoms with E-state index in [0.717, 1.165) is 5.56 Å². The number of nitro groups is 1. The monoisotopic (exact) mass is 207 g/mol. The topological polar surface area (TPSA) is 77.3 Å².